The quantitative estimate of drug-likeness (QED) is 0.610. The maximum Gasteiger partial charge on any atom is 0.309 e. The Bertz CT molecular complexity index is 724. The zero-order valence-electron chi connectivity index (χ0n) is 18.2. The van der Waals surface area contributed by atoms with E-state index in [1.165, 1.54) is 0 Å². The molecule has 1 heterocycles. The van der Waals surface area contributed by atoms with Crippen molar-refractivity contribution in [1.82, 2.24) is 9.80 Å². The first-order valence-corrected chi connectivity index (χ1v) is 11.3. The van der Waals surface area contributed by atoms with Crippen molar-refractivity contribution >= 4 is 17.8 Å². The van der Waals surface area contributed by atoms with Crippen molar-refractivity contribution in [3.8, 4) is 0 Å². The van der Waals surface area contributed by atoms with Crippen LogP contribution in [-0.2, 0) is 19.1 Å². The van der Waals surface area contributed by atoms with Gasteiger partial charge in [0, 0.05) is 32.0 Å². The largest absolute Gasteiger partial charge is 0.466 e. The molecular weight excluding hydrogens is 380 g/mol. The predicted octanol–water partition coefficient (Wildman–Crippen LogP) is 3.57. The topological polar surface area (TPSA) is 66.9 Å². The van der Waals surface area contributed by atoms with Crippen LogP contribution in [0, 0.1) is 11.8 Å². The highest BCUT2D eigenvalue weighted by atomic mass is 16.5. The molecular formula is C24H34N2O4. The maximum absolute atomic E-state index is 13.1. The highest BCUT2D eigenvalue weighted by Gasteiger charge is 2.33. The Morgan fingerprint density at radius 1 is 1.07 bits per heavy atom. The van der Waals surface area contributed by atoms with E-state index in [1.807, 2.05) is 54.0 Å². The third-order valence-corrected chi connectivity index (χ3v) is 6.52. The normalized spacial score (nSPS) is 18.4. The van der Waals surface area contributed by atoms with Crippen LogP contribution in [0.1, 0.15) is 64.0 Å². The van der Waals surface area contributed by atoms with Crippen molar-refractivity contribution in [1.29, 1.82) is 0 Å². The summed E-state index contributed by atoms with van der Waals surface area (Å²) in [5.41, 5.74) is 1.09. The second kappa shape index (κ2) is 10.6. The van der Waals surface area contributed by atoms with E-state index in [-0.39, 0.29) is 35.7 Å². The van der Waals surface area contributed by atoms with Gasteiger partial charge >= 0.3 is 5.97 Å². The minimum Gasteiger partial charge on any atom is -0.466 e. The summed E-state index contributed by atoms with van der Waals surface area (Å²) in [7, 11) is 0. The molecule has 1 saturated carbocycles. The van der Waals surface area contributed by atoms with Gasteiger partial charge in [0.05, 0.1) is 18.6 Å². The van der Waals surface area contributed by atoms with E-state index in [1.54, 1.807) is 0 Å². The number of hydrogen-bond donors (Lipinski definition) is 0. The van der Waals surface area contributed by atoms with Gasteiger partial charge in [-0.3, -0.25) is 14.4 Å². The van der Waals surface area contributed by atoms with Crippen LogP contribution in [0.2, 0.25) is 0 Å². The van der Waals surface area contributed by atoms with Gasteiger partial charge < -0.3 is 14.5 Å². The van der Waals surface area contributed by atoms with Crippen LogP contribution >= 0.6 is 0 Å². The standard InChI is InChI=1S/C24H34N2O4/c1-3-30-24(29)21-12-15-25(16-13-21)22(27)14-17-26(23(28)20-10-7-11-20)18(2)19-8-5-4-6-9-19/h4-6,8-9,18,20-21H,3,7,10-17H2,1-2H3. The lowest BCUT2D eigenvalue weighted by molar-refractivity contribution is -0.151. The molecule has 1 aromatic carbocycles. The summed E-state index contributed by atoms with van der Waals surface area (Å²) in [5.74, 6) is 0.0735. The third kappa shape index (κ3) is 5.41. The smallest absolute Gasteiger partial charge is 0.309 e. The van der Waals surface area contributed by atoms with Gasteiger partial charge in [0.15, 0.2) is 0 Å². The van der Waals surface area contributed by atoms with Crippen molar-refractivity contribution in [2.24, 2.45) is 11.8 Å². The SMILES string of the molecule is CCOC(=O)C1CCN(C(=O)CCN(C(=O)C2CCC2)C(C)c2ccccc2)CC1. The summed E-state index contributed by atoms with van der Waals surface area (Å²) in [4.78, 5) is 41.5. The fraction of sp³-hybridized carbons (Fsp3) is 0.625. The van der Waals surface area contributed by atoms with Crippen molar-refractivity contribution in [3.05, 3.63) is 35.9 Å². The molecule has 1 unspecified atom stereocenters. The number of carbonyl (C=O) groups excluding carboxylic acids is 3. The van der Waals surface area contributed by atoms with Gasteiger partial charge in [-0.2, -0.15) is 0 Å². The molecule has 1 aliphatic heterocycles. The summed E-state index contributed by atoms with van der Waals surface area (Å²) < 4.78 is 5.10. The summed E-state index contributed by atoms with van der Waals surface area (Å²) in [5, 5.41) is 0. The molecule has 6 heteroatoms. The molecule has 0 aromatic heterocycles. The highest BCUT2D eigenvalue weighted by Crippen LogP contribution is 2.32. The lowest BCUT2D eigenvalue weighted by Crippen LogP contribution is -2.44. The van der Waals surface area contributed by atoms with E-state index in [9.17, 15) is 14.4 Å². The van der Waals surface area contributed by atoms with Gasteiger partial charge in [-0.25, -0.2) is 0 Å². The molecule has 6 nitrogen and oxygen atoms in total. The number of piperidine rings is 1. The fourth-order valence-electron chi connectivity index (χ4n) is 4.29. The number of carbonyl (C=O) groups is 3. The Labute approximate surface area is 179 Å². The summed E-state index contributed by atoms with van der Waals surface area (Å²) >= 11 is 0. The van der Waals surface area contributed by atoms with E-state index in [0.29, 0.717) is 45.5 Å². The first-order chi connectivity index (χ1) is 14.5. The molecule has 1 aliphatic carbocycles. The first kappa shape index (κ1) is 22.3. The second-order valence-corrected chi connectivity index (χ2v) is 8.40. The number of hydrogen-bond acceptors (Lipinski definition) is 4. The fourth-order valence-corrected chi connectivity index (χ4v) is 4.29. The first-order valence-electron chi connectivity index (χ1n) is 11.3. The Morgan fingerprint density at radius 3 is 2.30 bits per heavy atom. The number of amides is 2. The molecule has 1 atom stereocenters. The van der Waals surface area contributed by atoms with Crippen molar-refractivity contribution in [3.63, 3.8) is 0 Å². The van der Waals surface area contributed by atoms with Gasteiger partial charge in [-0.15, -0.1) is 0 Å². The Morgan fingerprint density at radius 2 is 1.73 bits per heavy atom. The number of esters is 1. The number of nitrogens with zero attached hydrogens (tertiary/aromatic N) is 2. The highest BCUT2D eigenvalue weighted by molar-refractivity contribution is 5.82. The van der Waals surface area contributed by atoms with Gasteiger partial charge in [-0.05, 0) is 45.1 Å². The molecule has 2 fully saturated rings. The van der Waals surface area contributed by atoms with Crippen LogP contribution in [0.25, 0.3) is 0 Å². The lowest BCUT2D eigenvalue weighted by atomic mass is 9.84. The molecule has 0 bridgehead atoms. The summed E-state index contributed by atoms with van der Waals surface area (Å²) in [6, 6.07) is 9.95. The molecule has 30 heavy (non-hydrogen) atoms. The van der Waals surface area contributed by atoms with E-state index in [2.05, 4.69) is 0 Å². The van der Waals surface area contributed by atoms with Gasteiger partial charge in [0.1, 0.15) is 0 Å². The monoisotopic (exact) mass is 414 g/mol. The van der Waals surface area contributed by atoms with Crippen LogP contribution in [0.4, 0.5) is 0 Å². The number of likely N-dealkylation sites (tertiary alicyclic amines) is 1. The number of ether oxygens (including phenoxy) is 1. The van der Waals surface area contributed by atoms with Crippen LogP contribution in [-0.4, -0.2) is 53.8 Å². The Hall–Kier alpha value is -2.37. The molecule has 0 radical (unpaired) electrons. The van der Waals surface area contributed by atoms with Crippen LogP contribution in [0.3, 0.4) is 0 Å². The van der Waals surface area contributed by atoms with E-state index >= 15 is 0 Å². The summed E-state index contributed by atoms with van der Waals surface area (Å²) in [6.07, 6.45) is 4.63. The molecule has 2 aliphatic rings. The van der Waals surface area contributed by atoms with E-state index in [0.717, 1.165) is 24.8 Å². The molecule has 1 saturated heterocycles. The molecule has 1 aromatic rings. The van der Waals surface area contributed by atoms with Gasteiger partial charge in [-0.1, -0.05) is 36.8 Å². The summed E-state index contributed by atoms with van der Waals surface area (Å²) in [6.45, 7) is 5.83. The van der Waals surface area contributed by atoms with Crippen molar-refractivity contribution in [2.45, 2.75) is 58.4 Å². The molecule has 164 valence electrons. The van der Waals surface area contributed by atoms with E-state index < -0.39 is 0 Å². The minimum atomic E-state index is -0.154. The molecule has 0 spiro atoms. The Balaban J connectivity index is 1.56. The number of rotatable bonds is 8. The number of benzene rings is 1. The average molecular weight is 415 g/mol. The van der Waals surface area contributed by atoms with Crippen LogP contribution in [0.5, 0.6) is 0 Å². The van der Waals surface area contributed by atoms with Crippen LogP contribution in [0.15, 0.2) is 30.3 Å². The van der Waals surface area contributed by atoms with Crippen LogP contribution < -0.4 is 0 Å². The zero-order valence-corrected chi connectivity index (χ0v) is 18.2. The molecule has 0 N–H and O–H groups in total. The second-order valence-electron chi connectivity index (χ2n) is 8.40. The zero-order chi connectivity index (χ0) is 21.5. The molecule has 2 amide bonds. The minimum absolute atomic E-state index is 0.0540. The van der Waals surface area contributed by atoms with Crippen molar-refractivity contribution < 1.29 is 19.1 Å². The van der Waals surface area contributed by atoms with Crippen molar-refractivity contribution in [2.75, 3.05) is 26.2 Å². The predicted molar refractivity (Wildman–Crippen MR) is 114 cm³/mol. The lowest BCUT2D eigenvalue weighted by Gasteiger charge is -2.36. The molecule has 3 rings (SSSR count). The van der Waals surface area contributed by atoms with E-state index in [4.69, 9.17) is 4.74 Å². The Kier molecular flexibility index (Phi) is 7.88. The van der Waals surface area contributed by atoms with Gasteiger partial charge in [0.2, 0.25) is 11.8 Å². The maximum atomic E-state index is 13.1. The average Bonchev–Trinajstić information content (AvgIpc) is 2.73. The van der Waals surface area contributed by atoms with Gasteiger partial charge in [0.25, 0.3) is 0 Å². The third-order valence-electron chi connectivity index (χ3n) is 6.52.